The fourth-order valence-corrected chi connectivity index (χ4v) is 1.01. The summed E-state index contributed by atoms with van der Waals surface area (Å²) < 4.78 is 13.2. The molecule has 1 aromatic carbocycles. The van der Waals surface area contributed by atoms with Crippen LogP contribution in [-0.2, 0) is 11.4 Å². The maximum Gasteiger partial charge on any atom is 0.152 e. The summed E-state index contributed by atoms with van der Waals surface area (Å²) >= 11 is 0. The summed E-state index contributed by atoms with van der Waals surface area (Å²) in [7, 11) is 0. The van der Waals surface area contributed by atoms with E-state index < -0.39 is 5.82 Å². The Kier molecular flexibility index (Phi) is 3.54. The molecule has 1 aromatic rings. The number of hydrogen-bond donors (Lipinski definition) is 1. The summed E-state index contributed by atoms with van der Waals surface area (Å²) in [5, 5.41) is 8.73. The zero-order chi connectivity index (χ0) is 10.6. The van der Waals surface area contributed by atoms with Crippen molar-refractivity contribution in [1.82, 2.24) is 0 Å². The molecule has 0 fully saturated rings. The van der Waals surface area contributed by atoms with Crippen LogP contribution in [0.25, 0.3) is 6.08 Å². The average Bonchev–Trinajstić information content (AvgIpc) is 2.15. The Morgan fingerprint density at radius 3 is 2.79 bits per heavy atom. The SMILES string of the molecule is CC(=O)/C=C/c1ccc(CO)cc1F. The van der Waals surface area contributed by atoms with E-state index in [1.165, 1.54) is 31.2 Å². The lowest BCUT2D eigenvalue weighted by Crippen LogP contribution is -1.88. The van der Waals surface area contributed by atoms with Crippen LogP contribution in [0.15, 0.2) is 24.3 Å². The molecule has 0 saturated heterocycles. The van der Waals surface area contributed by atoms with Gasteiger partial charge in [0.1, 0.15) is 5.82 Å². The minimum Gasteiger partial charge on any atom is -0.392 e. The van der Waals surface area contributed by atoms with E-state index >= 15 is 0 Å². The minimum atomic E-state index is -0.436. The third kappa shape index (κ3) is 2.78. The van der Waals surface area contributed by atoms with Crippen LogP contribution in [0.5, 0.6) is 0 Å². The van der Waals surface area contributed by atoms with Crippen molar-refractivity contribution in [1.29, 1.82) is 0 Å². The Balaban J connectivity index is 2.94. The Hall–Kier alpha value is -1.48. The monoisotopic (exact) mass is 194 g/mol. The molecule has 0 bridgehead atoms. The highest BCUT2D eigenvalue weighted by Crippen LogP contribution is 2.12. The van der Waals surface area contributed by atoms with Crippen LogP contribution in [-0.4, -0.2) is 10.9 Å². The predicted molar refractivity (Wildman–Crippen MR) is 52.0 cm³/mol. The number of carbonyl (C=O) groups excluding carboxylic acids is 1. The van der Waals surface area contributed by atoms with E-state index in [-0.39, 0.29) is 12.4 Å². The highest BCUT2D eigenvalue weighted by Gasteiger charge is 1.99. The molecule has 0 aliphatic rings. The second-order valence-electron chi connectivity index (χ2n) is 2.96. The van der Waals surface area contributed by atoms with Gasteiger partial charge >= 0.3 is 0 Å². The number of hydrogen-bond acceptors (Lipinski definition) is 2. The van der Waals surface area contributed by atoms with E-state index in [4.69, 9.17) is 5.11 Å². The van der Waals surface area contributed by atoms with E-state index in [0.717, 1.165) is 0 Å². The van der Waals surface area contributed by atoms with Crippen LogP contribution >= 0.6 is 0 Å². The van der Waals surface area contributed by atoms with Crippen molar-refractivity contribution in [3.63, 3.8) is 0 Å². The van der Waals surface area contributed by atoms with Crippen molar-refractivity contribution in [2.24, 2.45) is 0 Å². The summed E-state index contributed by atoms with van der Waals surface area (Å²) in [5.41, 5.74) is 0.861. The van der Waals surface area contributed by atoms with Gasteiger partial charge in [0.2, 0.25) is 0 Å². The van der Waals surface area contributed by atoms with Crippen molar-refractivity contribution in [2.75, 3.05) is 0 Å². The Morgan fingerprint density at radius 2 is 2.29 bits per heavy atom. The molecule has 1 N–H and O–H groups in total. The third-order valence-electron chi connectivity index (χ3n) is 1.75. The highest BCUT2D eigenvalue weighted by atomic mass is 19.1. The first-order chi connectivity index (χ1) is 6.63. The third-order valence-corrected chi connectivity index (χ3v) is 1.75. The topological polar surface area (TPSA) is 37.3 Å². The molecule has 0 atom stereocenters. The van der Waals surface area contributed by atoms with Crippen LogP contribution < -0.4 is 0 Å². The van der Waals surface area contributed by atoms with Gasteiger partial charge in [-0.3, -0.25) is 4.79 Å². The first kappa shape index (κ1) is 10.6. The summed E-state index contributed by atoms with van der Waals surface area (Å²) in [6.45, 7) is 1.21. The maximum atomic E-state index is 13.2. The summed E-state index contributed by atoms with van der Waals surface area (Å²) in [6.07, 6.45) is 2.72. The molecule has 0 aromatic heterocycles. The van der Waals surface area contributed by atoms with Crippen LogP contribution in [0.1, 0.15) is 18.1 Å². The van der Waals surface area contributed by atoms with Gasteiger partial charge in [0.15, 0.2) is 5.78 Å². The van der Waals surface area contributed by atoms with Crippen LogP contribution in [0.4, 0.5) is 4.39 Å². The largest absolute Gasteiger partial charge is 0.392 e. The zero-order valence-electron chi connectivity index (χ0n) is 7.83. The second kappa shape index (κ2) is 4.67. The van der Waals surface area contributed by atoms with Gasteiger partial charge in [-0.25, -0.2) is 4.39 Å². The Labute approximate surface area is 81.7 Å². The molecular weight excluding hydrogens is 183 g/mol. The van der Waals surface area contributed by atoms with E-state index in [0.29, 0.717) is 11.1 Å². The molecule has 0 amide bonds. The number of rotatable bonds is 3. The van der Waals surface area contributed by atoms with Crippen molar-refractivity contribution in [2.45, 2.75) is 13.5 Å². The van der Waals surface area contributed by atoms with Gasteiger partial charge in [0.25, 0.3) is 0 Å². The fraction of sp³-hybridized carbons (Fsp3) is 0.182. The van der Waals surface area contributed by atoms with Gasteiger partial charge in [-0.1, -0.05) is 12.1 Å². The van der Waals surface area contributed by atoms with Crippen molar-refractivity contribution >= 4 is 11.9 Å². The van der Waals surface area contributed by atoms with E-state index in [2.05, 4.69) is 0 Å². The number of halogens is 1. The lowest BCUT2D eigenvalue weighted by molar-refractivity contribution is -0.112. The maximum absolute atomic E-state index is 13.2. The number of benzene rings is 1. The lowest BCUT2D eigenvalue weighted by Gasteiger charge is -1.99. The lowest BCUT2D eigenvalue weighted by atomic mass is 10.1. The summed E-state index contributed by atoms with van der Waals surface area (Å²) in [4.78, 5) is 10.6. The zero-order valence-corrected chi connectivity index (χ0v) is 7.83. The van der Waals surface area contributed by atoms with Crippen LogP contribution in [0.2, 0.25) is 0 Å². The number of aliphatic hydroxyl groups excluding tert-OH is 1. The molecule has 0 unspecified atom stereocenters. The molecular formula is C11H11FO2. The molecule has 0 saturated carbocycles. The Morgan fingerprint density at radius 1 is 1.57 bits per heavy atom. The van der Waals surface area contributed by atoms with Crippen molar-refractivity contribution in [3.8, 4) is 0 Å². The molecule has 0 radical (unpaired) electrons. The van der Waals surface area contributed by atoms with Gasteiger partial charge in [0, 0.05) is 5.56 Å². The number of ketones is 1. The van der Waals surface area contributed by atoms with Crippen LogP contribution in [0.3, 0.4) is 0 Å². The summed E-state index contributed by atoms with van der Waals surface area (Å²) in [6, 6.07) is 4.39. The van der Waals surface area contributed by atoms with Gasteiger partial charge in [-0.2, -0.15) is 0 Å². The second-order valence-corrected chi connectivity index (χ2v) is 2.96. The highest BCUT2D eigenvalue weighted by molar-refractivity contribution is 5.91. The van der Waals surface area contributed by atoms with Gasteiger partial charge in [0.05, 0.1) is 6.61 Å². The molecule has 2 nitrogen and oxygen atoms in total. The van der Waals surface area contributed by atoms with Gasteiger partial charge in [-0.05, 0) is 30.7 Å². The van der Waals surface area contributed by atoms with Crippen molar-refractivity contribution in [3.05, 3.63) is 41.2 Å². The fourth-order valence-electron chi connectivity index (χ4n) is 1.01. The van der Waals surface area contributed by atoms with Gasteiger partial charge < -0.3 is 5.11 Å². The van der Waals surface area contributed by atoms with E-state index in [1.807, 2.05) is 0 Å². The molecule has 0 aliphatic heterocycles. The normalized spacial score (nSPS) is 10.8. The van der Waals surface area contributed by atoms with E-state index in [1.54, 1.807) is 6.07 Å². The molecule has 3 heteroatoms. The molecule has 74 valence electrons. The first-order valence-corrected chi connectivity index (χ1v) is 4.21. The smallest absolute Gasteiger partial charge is 0.152 e. The molecule has 0 heterocycles. The molecule has 14 heavy (non-hydrogen) atoms. The first-order valence-electron chi connectivity index (χ1n) is 4.21. The average molecular weight is 194 g/mol. The number of allylic oxidation sites excluding steroid dienone is 1. The van der Waals surface area contributed by atoms with Crippen LogP contribution in [0, 0.1) is 5.82 Å². The number of carbonyl (C=O) groups is 1. The van der Waals surface area contributed by atoms with Crippen molar-refractivity contribution < 1.29 is 14.3 Å². The van der Waals surface area contributed by atoms with Gasteiger partial charge in [-0.15, -0.1) is 0 Å². The quantitative estimate of drug-likeness (QED) is 0.746. The predicted octanol–water partition coefficient (Wildman–Crippen LogP) is 1.92. The molecule has 0 aliphatic carbocycles. The van der Waals surface area contributed by atoms with E-state index in [9.17, 15) is 9.18 Å². The number of aliphatic hydroxyl groups is 1. The summed E-state index contributed by atoms with van der Waals surface area (Å²) in [5.74, 6) is -0.565. The molecule has 1 rings (SSSR count). The minimum absolute atomic E-state index is 0.129. The standard InChI is InChI=1S/C11H11FO2/c1-8(14)2-4-10-5-3-9(7-13)6-11(10)12/h2-6,13H,7H2,1H3/b4-2+. The Bertz CT molecular complexity index is 370. The molecule has 0 spiro atoms.